The van der Waals surface area contributed by atoms with Crippen LogP contribution in [0.4, 0.5) is 0 Å². The van der Waals surface area contributed by atoms with Gasteiger partial charge < -0.3 is 5.11 Å². The summed E-state index contributed by atoms with van der Waals surface area (Å²) in [6.45, 7) is 0. The number of rotatable bonds is 4. The molecule has 2 nitrogen and oxygen atoms in total. The third kappa shape index (κ3) is 2.94. The fraction of sp³-hybridized carbons (Fsp3) is 0.118. The van der Waals surface area contributed by atoms with Gasteiger partial charge in [0.05, 0.1) is 5.92 Å². The molecule has 0 saturated carbocycles. The van der Waals surface area contributed by atoms with Gasteiger partial charge in [0, 0.05) is 9.72 Å². The van der Waals surface area contributed by atoms with Crippen LogP contribution in [0.1, 0.15) is 17.0 Å². The standard InChI is InChI=1S/C17H13ClO2S/c18-12-6-7-16-13(9-12)15(10-21-16)14(17(19)20)8-11-4-2-1-3-5-11/h1-7,9-10,14H,8H2,(H,19,20). The first kappa shape index (κ1) is 14.1. The van der Waals surface area contributed by atoms with E-state index in [9.17, 15) is 9.90 Å². The van der Waals surface area contributed by atoms with Gasteiger partial charge in [0.25, 0.3) is 0 Å². The molecule has 0 radical (unpaired) electrons. The van der Waals surface area contributed by atoms with E-state index in [2.05, 4.69) is 0 Å². The van der Waals surface area contributed by atoms with Crippen molar-refractivity contribution in [3.8, 4) is 0 Å². The second-order valence-electron chi connectivity index (χ2n) is 4.91. The molecule has 21 heavy (non-hydrogen) atoms. The van der Waals surface area contributed by atoms with Gasteiger partial charge in [-0.3, -0.25) is 4.79 Å². The fourth-order valence-electron chi connectivity index (χ4n) is 2.47. The van der Waals surface area contributed by atoms with Crippen molar-refractivity contribution in [2.75, 3.05) is 0 Å². The molecule has 3 aromatic rings. The quantitative estimate of drug-likeness (QED) is 0.738. The number of hydrogen-bond donors (Lipinski definition) is 1. The van der Waals surface area contributed by atoms with Crippen molar-refractivity contribution < 1.29 is 9.90 Å². The normalized spacial score (nSPS) is 12.4. The first-order chi connectivity index (χ1) is 10.1. The van der Waals surface area contributed by atoms with E-state index in [1.165, 1.54) is 0 Å². The lowest BCUT2D eigenvalue weighted by atomic mass is 9.92. The first-order valence-electron chi connectivity index (χ1n) is 6.58. The Morgan fingerprint density at radius 3 is 2.67 bits per heavy atom. The number of carboxylic acids is 1. The number of aliphatic carboxylic acids is 1. The van der Waals surface area contributed by atoms with Crippen molar-refractivity contribution in [3.05, 3.63) is 70.1 Å². The molecule has 0 fully saturated rings. The van der Waals surface area contributed by atoms with Crippen LogP contribution in [0.15, 0.2) is 53.9 Å². The second-order valence-corrected chi connectivity index (χ2v) is 6.26. The molecule has 3 rings (SSSR count). The molecule has 2 aromatic carbocycles. The van der Waals surface area contributed by atoms with Crippen molar-refractivity contribution in [2.45, 2.75) is 12.3 Å². The highest BCUT2D eigenvalue weighted by Gasteiger charge is 2.23. The van der Waals surface area contributed by atoms with E-state index in [-0.39, 0.29) is 0 Å². The Balaban J connectivity index is 2.03. The second kappa shape index (κ2) is 5.88. The van der Waals surface area contributed by atoms with Gasteiger partial charge in [-0.25, -0.2) is 0 Å². The predicted octanol–water partition coefficient (Wildman–Crippen LogP) is 4.97. The average Bonchev–Trinajstić information content (AvgIpc) is 2.88. The van der Waals surface area contributed by atoms with Crippen molar-refractivity contribution in [2.24, 2.45) is 0 Å². The Bertz CT molecular complexity index is 780. The highest BCUT2D eigenvalue weighted by atomic mass is 35.5. The summed E-state index contributed by atoms with van der Waals surface area (Å²) in [5.74, 6) is -1.36. The van der Waals surface area contributed by atoms with Crippen LogP contribution in [-0.4, -0.2) is 11.1 Å². The smallest absolute Gasteiger partial charge is 0.311 e. The minimum atomic E-state index is -0.807. The SMILES string of the molecule is O=C(O)C(Cc1ccccc1)c1csc2ccc(Cl)cc12. The molecule has 0 aliphatic rings. The molecule has 0 aliphatic heterocycles. The van der Waals surface area contributed by atoms with Gasteiger partial charge in [0.1, 0.15) is 0 Å². The van der Waals surface area contributed by atoms with Crippen LogP contribution in [0.25, 0.3) is 10.1 Å². The molecule has 1 unspecified atom stereocenters. The lowest BCUT2D eigenvalue weighted by Crippen LogP contribution is -2.14. The van der Waals surface area contributed by atoms with Crippen molar-refractivity contribution in [3.63, 3.8) is 0 Å². The Hall–Kier alpha value is -1.84. The van der Waals surface area contributed by atoms with E-state index < -0.39 is 11.9 Å². The molecular formula is C17H13ClO2S. The van der Waals surface area contributed by atoms with Gasteiger partial charge in [-0.2, -0.15) is 0 Å². The van der Waals surface area contributed by atoms with E-state index in [0.717, 1.165) is 21.2 Å². The zero-order chi connectivity index (χ0) is 14.8. The van der Waals surface area contributed by atoms with Gasteiger partial charge in [-0.05, 0) is 46.5 Å². The zero-order valence-corrected chi connectivity index (χ0v) is 12.7. The molecule has 0 bridgehead atoms. The van der Waals surface area contributed by atoms with Crippen LogP contribution in [0.2, 0.25) is 5.02 Å². The third-order valence-corrected chi connectivity index (χ3v) is 4.74. The molecular weight excluding hydrogens is 304 g/mol. The summed E-state index contributed by atoms with van der Waals surface area (Å²) < 4.78 is 1.06. The molecule has 0 saturated heterocycles. The van der Waals surface area contributed by atoms with E-state index >= 15 is 0 Å². The monoisotopic (exact) mass is 316 g/mol. The van der Waals surface area contributed by atoms with Crippen molar-refractivity contribution >= 4 is 39.0 Å². The van der Waals surface area contributed by atoms with E-state index in [1.807, 2.05) is 53.9 Å². The number of carboxylic acid groups (broad SMARTS) is 1. The van der Waals surface area contributed by atoms with E-state index in [0.29, 0.717) is 11.4 Å². The summed E-state index contributed by atoms with van der Waals surface area (Å²) in [5.41, 5.74) is 1.86. The Morgan fingerprint density at radius 1 is 1.19 bits per heavy atom. The maximum atomic E-state index is 11.7. The molecule has 0 spiro atoms. The highest BCUT2D eigenvalue weighted by Crippen LogP contribution is 2.35. The number of benzene rings is 2. The average molecular weight is 317 g/mol. The third-order valence-electron chi connectivity index (χ3n) is 3.52. The number of halogens is 1. The van der Waals surface area contributed by atoms with Gasteiger partial charge >= 0.3 is 5.97 Å². The number of thiophene rings is 1. The van der Waals surface area contributed by atoms with Crippen LogP contribution in [0, 0.1) is 0 Å². The summed E-state index contributed by atoms with van der Waals surface area (Å²) in [6.07, 6.45) is 0.481. The minimum absolute atomic E-state index is 0.481. The lowest BCUT2D eigenvalue weighted by molar-refractivity contribution is -0.138. The summed E-state index contributed by atoms with van der Waals surface area (Å²) in [5, 5.41) is 13.1. The highest BCUT2D eigenvalue weighted by molar-refractivity contribution is 7.17. The molecule has 0 amide bonds. The Kier molecular flexibility index (Phi) is 3.95. The summed E-state index contributed by atoms with van der Waals surface area (Å²) in [4.78, 5) is 11.7. The molecule has 1 atom stereocenters. The predicted molar refractivity (Wildman–Crippen MR) is 87.4 cm³/mol. The fourth-order valence-corrected chi connectivity index (χ4v) is 3.64. The maximum absolute atomic E-state index is 11.7. The van der Waals surface area contributed by atoms with Crippen LogP contribution in [0.3, 0.4) is 0 Å². The molecule has 4 heteroatoms. The zero-order valence-electron chi connectivity index (χ0n) is 11.1. The maximum Gasteiger partial charge on any atom is 0.311 e. The largest absolute Gasteiger partial charge is 0.481 e. The lowest BCUT2D eigenvalue weighted by Gasteiger charge is -2.12. The van der Waals surface area contributed by atoms with Crippen LogP contribution in [-0.2, 0) is 11.2 Å². The van der Waals surface area contributed by atoms with E-state index in [4.69, 9.17) is 11.6 Å². The number of fused-ring (bicyclic) bond motifs is 1. The number of hydrogen-bond acceptors (Lipinski definition) is 2. The summed E-state index contributed by atoms with van der Waals surface area (Å²) in [7, 11) is 0. The topological polar surface area (TPSA) is 37.3 Å². The van der Waals surface area contributed by atoms with Crippen LogP contribution >= 0.6 is 22.9 Å². The number of carbonyl (C=O) groups is 1. The summed E-state index contributed by atoms with van der Waals surface area (Å²) >= 11 is 7.61. The first-order valence-corrected chi connectivity index (χ1v) is 7.84. The molecule has 1 aromatic heterocycles. The molecule has 1 heterocycles. The Morgan fingerprint density at radius 2 is 1.95 bits per heavy atom. The molecule has 1 N–H and O–H groups in total. The minimum Gasteiger partial charge on any atom is -0.481 e. The van der Waals surface area contributed by atoms with Gasteiger partial charge in [-0.1, -0.05) is 41.9 Å². The summed E-state index contributed by atoms with van der Waals surface area (Å²) in [6, 6.07) is 15.3. The van der Waals surface area contributed by atoms with Gasteiger partial charge in [0.15, 0.2) is 0 Å². The van der Waals surface area contributed by atoms with Gasteiger partial charge in [-0.15, -0.1) is 11.3 Å². The van der Waals surface area contributed by atoms with Crippen LogP contribution in [0.5, 0.6) is 0 Å². The molecule has 0 aliphatic carbocycles. The van der Waals surface area contributed by atoms with Crippen molar-refractivity contribution in [1.82, 2.24) is 0 Å². The molecule has 106 valence electrons. The van der Waals surface area contributed by atoms with Crippen LogP contribution < -0.4 is 0 Å². The van der Waals surface area contributed by atoms with E-state index in [1.54, 1.807) is 11.3 Å². The Labute approximate surface area is 131 Å². The van der Waals surface area contributed by atoms with Gasteiger partial charge in [0.2, 0.25) is 0 Å². The van der Waals surface area contributed by atoms with Crippen molar-refractivity contribution in [1.29, 1.82) is 0 Å².